The first-order chi connectivity index (χ1) is 14.2. The number of rotatable bonds is 10. The molecule has 0 heterocycles. The maximum absolute atomic E-state index is 12.5. The summed E-state index contributed by atoms with van der Waals surface area (Å²) in [5.41, 5.74) is 2.58. The van der Waals surface area contributed by atoms with Crippen LogP contribution in [0.3, 0.4) is 0 Å². The summed E-state index contributed by atoms with van der Waals surface area (Å²) in [4.78, 5) is 12.5. The second kappa shape index (κ2) is 11.1. The highest BCUT2D eigenvalue weighted by molar-refractivity contribution is 5.81. The van der Waals surface area contributed by atoms with E-state index in [4.69, 9.17) is 9.47 Å². The van der Waals surface area contributed by atoms with Crippen molar-refractivity contribution in [2.45, 2.75) is 78.4 Å². The van der Waals surface area contributed by atoms with E-state index < -0.39 is 6.10 Å². The fourth-order valence-electron chi connectivity index (χ4n) is 3.14. The quantitative estimate of drug-likeness (QED) is 0.512. The molecule has 0 aliphatic heterocycles. The van der Waals surface area contributed by atoms with E-state index in [1.807, 2.05) is 45.0 Å². The largest absolute Gasteiger partial charge is 0.491 e. The molecule has 0 aromatic heterocycles. The molecule has 0 unspecified atom stereocenters. The van der Waals surface area contributed by atoms with Gasteiger partial charge in [0.2, 0.25) is 0 Å². The van der Waals surface area contributed by atoms with Crippen molar-refractivity contribution in [1.29, 1.82) is 0 Å². The molecule has 1 atom stereocenters. The number of amides is 1. The number of nitrogens with one attached hydrogen (secondary N) is 1. The molecule has 0 bridgehead atoms. The zero-order chi connectivity index (χ0) is 22.1. The molecule has 30 heavy (non-hydrogen) atoms. The molecule has 2 aromatic rings. The lowest BCUT2D eigenvalue weighted by Crippen LogP contribution is -2.38. The number of aryl methyl sites for hydroxylation is 1. The average Bonchev–Trinajstić information content (AvgIpc) is 2.69. The van der Waals surface area contributed by atoms with Gasteiger partial charge in [-0.25, -0.2) is 0 Å². The summed E-state index contributed by atoms with van der Waals surface area (Å²) >= 11 is 0. The van der Waals surface area contributed by atoms with Gasteiger partial charge in [0.1, 0.15) is 11.5 Å². The van der Waals surface area contributed by atoms with Crippen LogP contribution in [0, 0.1) is 0 Å². The van der Waals surface area contributed by atoms with Crippen LogP contribution in [0.2, 0.25) is 0 Å². The van der Waals surface area contributed by atoms with Crippen molar-refractivity contribution in [2.75, 3.05) is 6.54 Å². The van der Waals surface area contributed by atoms with E-state index in [9.17, 15) is 4.79 Å². The average molecular weight is 412 g/mol. The Morgan fingerprint density at radius 3 is 2.03 bits per heavy atom. The van der Waals surface area contributed by atoms with E-state index >= 15 is 0 Å². The lowest BCUT2D eigenvalue weighted by atomic mass is 9.87. The second-order valence-electron chi connectivity index (χ2n) is 8.99. The van der Waals surface area contributed by atoms with Crippen LogP contribution < -0.4 is 14.8 Å². The van der Waals surface area contributed by atoms with E-state index in [1.54, 1.807) is 0 Å². The fraction of sp³-hybridized carbons (Fsp3) is 0.500. The van der Waals surface area contributed by atoms with Crippen LogP contribution in [-0.4, -0.2) is 24.7 Å². The monoisotopic (exact) mass is 411 g/mol. The minimum Gasteiger partial charge on any atom is -0.491 e. The maximum Gasteiger partial charge on any atom is 0.261 e. The molecular formula is C26H37NO3. The van der Waals surface area contributed by atoms with Crippen LogP contribution in [0.4, 0.5) is 0 Å². The fourth-order valence-corrected chi connectivity index (χ4v) is 3.14. The zero-order valence-electron chi connectivity index (χ0n) is 19.3. The van der Waals surface area contributed by atoms with Crippen LogP contribution >= 0.6 is 0 Å². The molecular weight excluding hydrogens is 374 g/mol. The van der Waals surface area contributed by atoms with Gasteiger partial charge in [0, 0.05) is 6.54 Å². The molecule has 0 saturated carbocycles. The highest BCUT2D eigenvalue weighted by atomic mass is 16.5. The van der Waals surface area contributed by atoms with E-state index in [-0.39, 0.29) is 17.4 Å². The summed E-state index contributed by atoms with van der Waals surface area (Å²) in [5, 5.41) is 3.01. The standard InChI is InChI=1S/C26H37NO3/c1-7-24(30-23-16-12-21(13-17-23)26(4,5)6)25(28)27-18-8-9-20-10-14-22(15-11-20)29-19(2)3/h10-17,19,24H,7-9,18H2,1-6H3,(H,27,28)/t24-/m0/s1. The zero-order valence-corrected chi connectivity index (χ0v) is 19.3. The molecule has 0 saturated heterocycles. The Labute approximate surface area is 182 Å². The minimum atomic E-state index is -0.474. The van der Waals surface area contributed by atoms with Gasteiger partial charge in [-0.15, -0.1) is 0 Å². The molecule has 164 valence electrons. The lowest BCUT2D eigenvalue weighted by Gasteiger charge is -2.21. The molecule has 1 amide bonds. The van der Waals surface area contributed by atoms with Gasteiger partial charge in [-0.1, -0.05) is 52.0 Å². The lowest BCUT2D eigenvalue weighted by molar-refractivity contribution is -0.128. The van der Waals surface area contributed by atoms with E-state index in [0.717, 1.165) is 24.3 Å². The summed E-state index contributed by atoms with van der Waals surface area (Å²) in [6.07, 6.45) is 2.12. The SMILES string of the molecule is CC[C@H](Oc1ccc(C(C)(C)C)cc1)C(=O)NCCCc1ccc(OC(C)C)cc1. The van der Waals surface area contributed by atoms with Crippen LogP contribution in [0.1, 0.15) is 65.5 Å². The Bertz CT molecular complexity index is 773. The Balaban J connectivity index is 1.77. The van der Waals surface area contributed by atoms with Crippen molar-refractivity contribution in [3.63, 3.8) is 0 Å². The first-order valence-electron chi connectivity index (χ1n) is 11.0. The molecule has 2 rings (SSSR count). The van der Waals surface area contributed by atoms with Crippen molar-refractivity contribution in [3.05, 3.63) is 59.7 Å². The molecule has 0 aliphatic carbocycles. The third-order valence-electron chi connectivity index (χ3n) is 4.90. The van der Waals surface area contributed by atoms with Gasteiger partial charge in [-0.05, 0) is 73.9 Å². The predicted octanol–water partition coefficient (Wildman–Crippen LogP) is 5.68. The Hall–Kier alpha value is -2.49. The first-order valence-corrected chi connectivity index (χ1v) is 11.0. The van der Waals surface area contributed by atoms with E-state index in [2.05, 4.69) is 50.4 Å². The highest BCUT2D eigenvalue weighted by Crippen LogP contribution is 2.25. The van der Waals surface area contributed by atoms with E-state index in [1.165, 1.54) is 11.1 Å². The van der Waals surface area contributed by atoms with Crippen LogP contribution in [0.5, 0.6) is 11.5 Å². The number of hydrogen-bond donors (Lipinski definition) is 1. The Morgan fingerprint density at radius 1 is 0.933 bits per heavy atom. The third-order valence-corrected chi connectivity index (χ3v) is 4.90. The second-order valence-corrected chi connectivity index (χ2v) is 8.99. The highest BCUT2D eigenvalue weighted by Gasteiger charge is 2.19. The third kappa shape index (κ3) is 7.74. The smallest absolute Gasteiger partial charge is 0.261 e. The van der Waals surface area contributed by atoms with E-state index in [0.29, 0.717) is 13.0 Å². The van der Waals surface area contributed by atoms with Crippen molar-refractivity contribution in [1.82, 2.24) is 5.32 Å². The molecule has 0 fully saturated rings. The van der Waals surface area contributed by atoms with Gasteiger partial charge in [0.15, 0.2) is 6.10 Å². The molecule has 2 aromatic carbocycles. The molecule has 4 heteroatoms. The van der Waals surface area contributed by atoms with Gasteiger partial charge < -0.3 is 14.8 Å². The summed E-state index contributed by atoms with van der Waals surface area (Å²) in [5.74, 6) is 1.56. The number of benzene rings is 2. The molecule has 0 radical (unpaired) electrons. The predicted molar refractivity (Wildman–Crippen MR) is 123 cm³/mol. The summed E-state index contributed by atoms with van der Waals surface area (Å²) in [7, 11) is 0. The van der Waals surface area contributed by atoms with Crippen LogP contribution in [-0.2, 0) is 16.6 Å². The molecule has 1 N–H and O–H groups in total. The van der Waals surface area contributed by atoms with Crippen molar-refractivity contribution in [3.8, 4) is 11.5 Å². The molecule has 0 aliphatic rings. The minimum absolute atomic E-state index is 0.0573. The number of carbonyl (C=O) groups excluding carboxylic acids is 1. The number of hydrogen-bond acceptors (Lipinski definition) is 3. The normalized spacial score (nSPS) is 12.5. The van der Waals surface area contributed by atoms with Gasteiger partial charge in [-0.3, -0.25) is 4.79 Å². The summed E-state index contributed by atoms with van der Waals surface area (Å²) in [6, 6.07) is 16.2. The molecule has 0 spiro atoms. The summed E-state index contributed by atoms with van der Waals surface area (Å²) in [6.45, 7) is 13.2. The van der Waals surface area contributed by atoms with Crippen LogP contribution in [0.15, 0.2) is 48.5 Å². The Kier molecular flexibility index (Phi) is 8.76. The maximum atomic E-state index is 12.5. The number of ether oxygens (including phenoxy) is 2. The van der Waals surface area contributed by atoms with Gasteiger partial charge in [0.05, 0.1) is 6.10 Å². The van der Waals surface area contributed by atoms with Gasteiger partial charge in [0.25, 0.3) is 5.91 Å². The topological polar surface area (TPSA) is 47.6 Å². The van der Waals surface area contributed by atoms with Crippen molar-refractivity contribution >= 4 is 5.91 Å². The van der Waals surface area contributed by atoms with Gasteiger partial charge >= 0.3 is 0 Å². The van der Waals surface area contributed by atoms with Gasteiger partial charge in [-0.2, -0.15) is 0 Å². The molecule has 4 nitrogen and oxygen atoms in total. The van der Waals surface area contributed by atoms with Crippen molar-refractivity contribution < 1.29 is 14.3 Å². The first kappa shape index (κ1) is 23.8. The number of carbonyl (C=O) groups is 1. The summed E-state index contributed by atoms with van der Waals surface area (Å²) < 4.78 is 11.6. The Morgan fingerprint density at radius 2 is 1.50 bits per heavy atom. The van der Waals surface area contributed by atoms with Crippen molar-refractivity contribution in [2.24, 2.45) is 0 Å². The van der Waals surface area contributed by atoms with Crippen LogP contribution in [0.25, 0.3) is 0 Å².